The normalized spacial score (nSPS) is 14.5. The van der Waals surface area contributed by atoms with Gasteiger partial charge in [0.2, 0.25) is 5.75 Å². The molecular weight excluding hydrogens is 525 g/mol. The lowest BCUT2D eigenvalue weighted by molar-refractivity contribution is -0.0567. The molecule has 2 heterocycles. The van der Waals surface area contributed by atoms with Crippen LogP contribution in [0.25, 0.3) is 0 Å². The molecule has 1 aliphatic rings. The van der Waals surface area contributed by atoms with Crippen LogP contribution in [0, 0.1) is 17.7 Å². The van der Waals surface area contributed by atoms with E-state index in [1.165, 1.54) is 29.0 Å². The molecule has 1 N–H and O–H groups in total. The number of nitrogens with zero attached hydrogens (tertiary/aromatic N) is 2. The van der Waals surface area contributed by atoms with Gasteiger partial charge < -0.3 is 14.8 Å². The van der Waals surface area contributed by atoms with Crippen molar-refractivity contribution >= 4 is 17.0 Å². The first-order chi connectivity index (χ1) is 18.7. The third-order valence-electron chi connectivity index (χ3n) is 5.92. The molecule has 1 aromatic heterocycles. The summed E-state index contributed by atoms with van der Waals surface area (Å²) in [6.07, 6.45) is 1.37. The molecule has 39 heavy (non-hydrogen) atoms. The lowest BCUT2D eigenvalue weighted by Crippen LogP contribution is -2.43. The summed E-state index contributed by atoms with van der Waals surface area (Å²) in [5.74, 6) is 4.45. The second-order valence-electron chi connectivity index (χ2n) is 9.15. The number of benzene rings is 2. The lowest BCUT2D eigenvalue weighted by atomic mass is 10.1. The Morgan fingerprint density at radius 2 is 2.03 bits per heavy atom. The molecule has 2 aromatic carbocycles. The van der Waals surface area contributed by atoms with Gasteiger partial charge in [0.15, 0.2) is 16.8 Å². The standard InChI is InChI=1S/C28H28FN3O6S/c1-28(2)27-31-23(24(26(34)32(27)13-15-37-28)36-18-19-8-5-4-6-9-19)25(33)30-17-21-11-12-22(29)16-20(21)10-7-14-38-39(3)35/h4-6,8-9,11-12,16H,13-15,17-18H2,1-3H3,(H,30,33). The number of fused-ring (bicyclic) bond motifs is 1. The molecule has 1 unspecified atom stereocenters. The van der Waals surface area contributed by atoms with Crippen molar-refractivity contribution in [2.45, 2.75) is 39.1 Å². The maximum Gasteiger partial charge on any atom is 0.296 e. The molecule has 0 fully saturated rings. The minimum Gasteiger partial charge on any atom is -0.481 e. The highest BCUT2D eigenvalue weighted by Crippen LogP contribution is 2.28. The van der Waals surface area contributed by atoms with Gasteiger partial charge in [-0.1, -0.05) is 48.2 Å². The predicted octanol–water partition coefficient (Wildman–Crippen LogP) is 2.82. The average Bonchev–Trinajstić information content (AvgIpc) is 2.90. The van der Waals surface area contributed by atoms with Crippen LogP contribution in [0.4, 0.5) is 4.39 Å². The van der Waals surface area contributed by atoms with E-state index in [9.17, 15) is 18.2 Å². The van der Waals surface area contributed by atoms with Gasteiger partial charge >= 0.3 is 0 Å². The summed E-state index contributed by atoms with van der Waals surface area (Å²) in [5.41, 5.74) is 0.136. The number of rotatable bonds is 8. The Morgan fingerprint density at radius 3 is 2.77 bits per heavy atom. The van der Waals surface area contributed by atoms with E-state index in [0.717, 1.165) is 5.56 Å². The number of carbonyl (C=O) groups is 1. The van der Waals surface area contributed by atoms with E-state index in [2.05, 4.69) is 22.1 Å². The largest absolute Gasteiger partial charge is 0.481 e. The fourth-order valence-corrected chi connectivity index (χ4v) is 4.22. The van der Waals surface area contributed by atoms with Crippen molar-refractivity contribution in [1.82, 2.24) is 14.9 Å². The number of carbonyl (C=O) groups excluding carboxylic acids is 1. The summed E-state index contributed by atoms with van der Waals surface area (Å²) < 4.78 is 43.0. The first-order valence-electron chi connectivity index (χ1n) is 12.1. The molecule has 0 spiro atoms. The molecule has 9 nitrogen and oxygen atoms in total. The highest BCUT2D eigenvalue weighted by molar-refractivity contribution is 7.79. The number of ether oxygens (including phenoxy) is 2. The maximum atomic E-state index is 13.9. The lowest BCUT2D eigenvalue weighted by Gasteiger charge is -2.32. The van der Waals surface area contributed by atoms with Crippen molar-refractivity contribution in [3.63, 3.8) is 0 Å². The number of nitrogens with one attached hydrogen (secondary N) is 1. The summed E-state index contributed by atoms with van der Waals surface area (Å²) in [7, 11) is 0. The van der Waals surface area contributed by atoms with E-state index < -0.39 is 34.0 Å². The number of hydrogen-bond donors (Lipinski definition) is 1. The van der Waals surface area contributed by atoms with Gasteiger partial charge in [0, 0.05) is 18.4 Å². The fourth-order valence-electron chi connectivity index (χ4n) is 4.00. The molecule has 3 aromatic rings. The summed E-state index contributed by atoms with van der Waals surface area (Å²) >= 11 is -1.48. The van der Waals surface area contributed by atoms with Gasteiger partial charge in [-0.25, -0.2) is 13.6 Å². The first-order valence-corrected chi connectivity index (χ1v) is 13.6. The quantitative estimate of drug-likeness (QED) is 0.428. The van der Waals surface area contributed by atoms with Crippen molar-refractivity contribution in [3.05, 3.63) is 92.9 Å². The van der Waals surface area contributed by atoms with Gasteiger partial charge in [-0.15, -0.1) is 0 Å². The number of amides is 1. The molecule has 11 heteroatoms. The van der Waals surface area contributed by atoms with Crippen LogP contribution in [0.2, 0.25) is 0 Å². The Hall–Kier alpha value is -3.85. The van der Waals surface area contributed by atoms with E-state index in [4.69, 9.17) is 13.7 Å². The summed E-state index contributed by atoms with van der Waals surface area (Å²) in [6.45, 7) is 4.09. The molecule has 1 atom stereocenters. The van der Waals surface area contributed by atoms with Crippen LogP contribution in [0.3, 0.4) is 0 Å². The van der Waals surface area contributed by atoms with Crippen molar-refractivity contribution < 1.29 is 27.1 Å². The molecule has 1 aliphatic heterocycles. The average molecular weight is 554 g/mol. The Bertz CT molecular complexity index is 1510. The predicted molar refractivity (Wildman–Crippen MR) is 143 cm³/mol. The van der Waals surface area contributed by atoms with Gasteiger partial charge in [-0.3, -0.25) is 18.3 Å². The van der Waals surface area contributed by atoms with Crippen molar-refractivity contribution in [1.29, 1.82) is 0 Å². The van der Waals surface area contributed by atoms with Gasteiger partial charge in [0.1, 0.15) is 30.5 Å². The first kappa shape index (κ1) is 28.2. The molecule has 204 valence electrons. The van der Waals surface area contributed by atoms with Crippen LogP contribution in [0.5, 0.6) is 5.75 Å². The highest BCUT2D eigenvalue weighted by Gasteiger charge is 2.35. The smallest absolute Gasteiger partial charge is 0.296 e. The third kappa shape index (κ3) is 6.97. The molecule has 0 saturated carbocycles. The van der Waals surface area contributed by atoms with Crippen molar-refractivity contribution in [3.8, 4) is 17.6 Å². The van der Waals surface area contributed by atoms with E-state index >= 15 is 0 Å². The van der Waals surface area contributed by atoms with Gasteiger partial charge in [0.25, 0.3) is 11.5 Å². The van der Waals surface area contributed by atoms with Crippen molar-refractivity contribution in [2.24, 2.45) is 0 Å². The summed E-state index contributed by atoms with van der Waals surface area (Å²) in [4.78, 5) is 31.4. The molecule has 4 rings (SSSR count). The van der Waals surface area contributed by atoms with Gasteiger partial charge in [-0.2, -0.15) is 0 Å². The monoisotopic (exact) mass is 553 g/mol. The van der Waals surface area contributed by atoms with Crippen LogP contribution in [0.15, 0.2) is 53.3 Å². The summed E-state index contributed by atoms with van der Waals surface area (Å²) in [6, 6.07) is 13.2. The SMILES string of the molecule is CS(=O)OCC#Cc1cc(F)ccc1CNC(=O)c1nc2n(c(=O)c1OCc1ccccc1)CCOC2(C)C. The molecular formula is C28H28FN3O6S. The second kappa shape index (κ2) is 12.3. The van der Waals surface area contributed by atoms with Crippen molar-refractivity contribution in [2.75, 3.05) is 19.5 Å². The Balaban J connectivity index is 1.63. The Labute approximate surface area is 228 Å². The molecule has 0 bridgehead atoms. The van der Waals surface area contributed by atoms with E-state index in [0.29, 0.717) is 23.6 Å². The van der Waals surface area contributed by atoms with Crippen LogP contribution < -0.4 is 15.6 Å². The van der Waals surface area contributed by atoms with Gasteiger partial charge in [-0.05, 0) is 37.1 Å². The molecule has 0 aliphatic carbocycles. The zero-order valence-corrected chi connectivity index (χ0v) is 22.6. The molecule has 0 saturated heterocycles. The third-order valence-corrected chi connectivity index (χ3v) is 6.37. The zero-order chi connectivity index (χ0) is 28.0. The van der Waals surface area contributed by atoms with E-state index in [-0.39, 0.29) is 37.7 Å². The maximum absolute atomic E-state index is 13.9. The highest BCUT2D eigenvalue weighted by atomic mass is 32.2. The Kier molecular flexibility index (Phi) is 8.91. The van der Waals surface area contributed by atoms with Crippen LogP contribution >= 0.6 is 0 Å². The summed E-state index contributed by atoms with van der Waals surface area (Å²) in [5, 5.41) is 2.74. The van der Waals surface area contributed by atoms with Crippen LogP contribution in [-0.4, -0.2) is 39.1 Å². The number of aromatic nitrogens is 2. The van der Waals surface area contributed by atoms with Crippen LogP contribution in [0.1, 0.15) is 46.9 Å². The zero-order valence-electron chi connectivity index (χ0n) is 21.8. The minimum absolute atomic E-state index is 0.0260. The second-order valence-corrected chi connectivity index (χ2v) is 10.2. The van der Waals surface area contributed by atoms with E-state index in [1.54, 1.807) is 13.8 Å². The molecule has 1 amide bonds. The van der Waals surface area contributed by atoms with Gasteiger partial charge in [0.05, 0.1) is 13.2 Å². The topological polar surface area (TPSA) is 109 Å². The fraction of sp³-hybridized carbons (Fsp3) is 0.321. The van der Waals surface area contributed by atoms with E-state index in [1.807, 2.05) is 30.3 Å². The number of hydrogen-bond acceptors (Lipinski definition) is 7. The minimum atomic E-state index is -1.48. The Morgan fingerprint density at radius 1 is 1.26 bits per heavy atom. The number of halogens is 1. The molecule has 0 radical (unpaired) electrons. The van der Waals surface area contributed by atoms with Crippen LogP contribution in [-0.2, 0) is 45.3 Å².